The van der Waals surface area contributed by atoms with Gasteiger partial charge in [0, 0.05) is 36.6 Å². The fourth-order valence-electron chi connectivity index (χ4n) is 7.32. The van der Waals surface area contributed by atoms with E-state index in [9.17, 15) is 22.8 Å². The molecule has 3 fully saturated rings. The van der Waals surface area contributed by atoms with Crippen molar-refractivity contribution in [2.45, 2.75) is 94.6 Å². The number of nitrogens with one attached hydrogen (secondary N) is 2. The Morgan fingerprint density at radius 3 is 2.61 bits per heavy atom. The molecule has 0 spiro atoms. The fraction of sp³-hybridized carbons (Fsp3) is 0.622. The van der Waals surface area contributed by atoms with E-state index in [0.717, 1.165) is 24.6 Å². The molecule has 0 bridgehead atoms. The lowest BCUT2D eigenvalue weighted by Crippen LogP contribution is -2.57. The number of methoxy groups -OCH3 is 2. The highest BCUT2D eigenvalue weighted by Gasteiger charge is 2.63. The fourth-order valence-corrected chi connectivity index (χ4v) is 8.63. The summed E-state index contributed by atoms with van der Waals surface area (Å²) in [5.41, 5.74) is -1.44. The molecular weight excluding hydrogens is 676 g/mol. The largest absolute Gasteiger partial charge is 0.497 e. The molecule has 1 aromatic heterocycles. The van der Waals surface area contributed by atoms with Crippen LogP contribution in [0.3, 0.4) is 0 Å². The van der Waals surface area contributed by atoms with Gasteiger partial charge < -0.3 is 29.2 Å². The van der Waals surface area contributed by atoms with Crippen molar-refractivity contribution in [1.29, 1.82) is 0 Å². The van der Waals surface area contributed by atoms with Crippen molar-refractivity contribution < 1.29 is 41.7 Å². The molecule has 278 valence electrons. The number of rotatable bonds is 10. The second kappa shape index (κ2) is 14.6. The molecular formula is C37H50N4O9S. The Morgan fingerprint density at radius 1 is 1.10 bits per heavy atom. The number of hydrogen-bond acceptors (Lipinski definition) is 10. The van der Waals surface area contributed by atoms with Crippen molar-refractivity contribution in [3.63, 3.8) is 0 Å². The Labute approximate surface area is 299 Å². The molecule has 2 N–H and O–H groups in total. The van der Waals surface area contributed by atoms with E-state index in [2.05, 4.69) is 28.9 Å². The Bertz CT molecular complexity index is 1800. The van der Waals surface area contributed by atoms with Crippen LogP contribution in [0.1, 0.15) is 72.1 Å². The van der Waals surface area contributed by atoms with E-state index < -0.39 is 44.3 Å². The molecule has 3 heterocycles. The predicted octanol–water partition coefficient (Wildman–Crippen LogP) is 3.89. The first-order chi connectivity index (χ1) is 24.3. The normalized spacial score (nSPS) is 29.8. The van der Waals surface area contributed by atoms with Gasteiger partial charge >= 0.3 is 0 Å². The second-order valence-electron chi connectivity index (χ2n) is 15.0. The summed E-state index contributed by atoms with van der Waals surface area (Å²) in [4.78, 5) is 48.0. The molecule has 2 saturated carbocycles. The number of nitrogens with zero attached hydrogens (tertiary/aromatic N) is 2. The molecule has 2 aromatic rings. The number of allylic oxidation sites excluding steroid dienone is 1. The van der Waals surface area contributed by atoms with Gasteiger partial charge in [-0.15, -0.1) is 0 Å². The minimum absolute atomic E-state index is 0.0936. The third-order valence-electron chi connectivity index (χ3n) is 10.8. The molecule has 13 nitrogen and oxygen atoms in total. The van der Waals surface area contributed by atoms with Crippen molar-refractivity contribution in [2.75, 3.05) is 34.0 Å². The predicted molar refractivity (Wildman–Crippen MR) is 190 cm³/mol. The van der Waals surface area contributed by atoms with Crippen LogP contribution < -0.4 is 24.2 Å². The Hall–Kier alpha value is -3.91. The number of fused-ring (bicyclic) bond motifs is 3. The Morgan fingerprint density at radius 2 is 1.88 bits per heavy atom. The van der Waals surface area contributed by atoms with Gasteiger partial charge in [0.1, 0.15) is 35.8 Å². The molecule has 4 aliphatic rings. The van der Waals surface area contributed by atoms with E-state index in [1.54, 1.807) is 38.3 Å². The zero-order valence-electron chi connectivity index (χ0n) is 30.1. The highest BCUT2D eigenvalue weighted by molar-refractivity contribution is 7.91. The molecule has 3 amide bonds. The van der Waals surface area contributed by atoms with Crippen molar-refractivity contribution in [3.8, 4) is 17.4 Å². The maximum atomic E-state index is 14.2. The zero-order valence-corrected chi connectivity index (χ0v) is 30.9. The van der Waals surface area contributed by atoms with Gasteiger partial charge in [-0.25, -0.2) is 13.4 Å². The Balaban J connectivity index is 1.28. The van der Waals surface area contributed by atoms with E-state index >= 15 is 0 Å². The lowest BCUT2D eigenvalue weighted by molar-refractivity contribution is -0.140. The van der Waals surface area contributed by atoms with Crippen LogP contribution in [0.4, 0.5) is 0 Å². The summed E-state index contributed by atoms with van der Waals surface area (Å²) >= 11 is 0. The first-order valence-electron chi connectivity index (χ1n) is 17.9. The average molecular weight is 727 g/mol. The van der Waals surface area contributed by atoms with Crippen LogP contribution in [0.5, 0.6) is 17.4 Å². The second-order valence-corrected chi connectivity index (χ2v) is 17.2. The molecule has 1 aromatic carbocycles. The van der Waals surface area contributed by atoms with E-state index in [4.69, 9.17) is 18.9 Å². The molecule has 2 aliphatic carbocycles. The van der Waals surface area contributed by atoms with Gasteiger partial charge in [0.25, 0.3) is 5.91 Å². The maximum Gasteiger partial charge on any atom is 0.259 e. The summed E-state index contributed by atoms with van der Waals surface area (Å²) < 4.78 is 50.4. The lowest BCUT2D eigenvalue weighted by atomic mass is 9.91. The average Bonchev–Trinajstić information content (AvgIpc) is 3.97. The number of ether oxygens (including phenoxy) is 4. The highest BCUT2D eigenvalue weighted by Crippen LogP contribution is 2.47. The molecule has 2 aliphatic heterocycles. The molecule has 6 rings (SSSR count). The van der Waals surface area contributed by atoms with Crippen molar-refractivity contribution in [2.24, 2.45) is 17.8 Å². The summed E-state index contributed by atoms with van der Waals surface area (Å²) in [7, 11) is -0.764. The minimum Gasteiger partial charge on any atom is -0.497 e. The number of benzene rings is 1. The quantitative estimate of drug-likeness (QED) is 0.271. The third kappa shape index (κ3) is 7.81. The highest BCUT2D eigenvalue weighted by atomic mass is 32.2. The topological polar surface area (TPSA) is 162 Å². The molecule has 51 heavy (non-hydrogen) atoms. The molecule has 0 radical (unpaired) electrons. The van der Waals surface area contributed by atoms with Crippen LogP contribution >= 0.6 is 0 Å². The summed E-state index contributed by atoms with van der Waals surface area (Å²) in [6.45, 7) is 6.68. The SMILES string of the molecule is COCCOc1cnc(O[C@@H]2C[C@H]3C(=O)N[C@]4(C(=O)NS(=O)(=O)C5(C)CC5)CC4/C=C\CC[C@H](C)C[C@@H](C)CC(=O)N3C2)c2ccc(OC)cc12. The molecule has 6 atom stereocenters. The van der Waals surface area contributed by atoms with Gasteiger partial charge in [-0.3, -0.25) is 19.1 Å². The number of sulfonamides is 1. The third-order valence-corrected chi connectivity index (χ3v) is 13.0. The summed E-state index contributed by atoms with van der Waals surface area (Å²) in [5.74, 6) is 0.115. The first-order valence-corrected chi connectivity index (χ1v) is 19.4. The van der Waals surface area contributed by atoms with Crippen LogP contribution in [-0.2, 0) is 29.1 Å². The van der Waals surface area contributed by atoms with Crippen LogP contribution in [0.25, 0.3) is 10.8 Å². The summed E-state index contributed by atoms with van der Waals surface area (Å²) in [6, 6.07) is 4.52. The van der Waals surface area contributed by atoms with Gasteiger partial charge in [-0.1, -0.05) is 26.0 Å². The molecule has 1 unspecified atom stereocenters. The van der Waals surface area contributed by atoms with E-state index in [0.29, 0.717) is 54.7 Å². The van der Waals surface area contributed by atoms with Crippen LogP contribution in [0, 0.1) is 17.8 Å². The molecule has 1 saturated heterocycles. The number of carbonyl (C=O) groups excluding carboxylic acids is 3. The van der Waals surface area contributed by atoms with Crippen molar-refractivity contribution in [3.05, 3.63) is 36.5 Å². The zero-order chi connectivity index (χ0) is 36.6. The van der Waals surface area contributed by atoms with Crippen molar-refractivity contribution in [1.82, 2.24) is 19.9 Å². The maximum absolute atomic E-state index is 14.2. The van der Waals surface area contributed by atoms with Crippen molar-refractivity contribution >= 4 is 38.5 Å². The van der Waals surface area contributed by atoms with Crippen LogP contribution in [0.2, 0.25) is 0 Å². The van der Waals surface area contributed by atoms with Gasteiger partial charge in [-0.05, 0) is 75.5 Å². The standard InChI is InChI=1S/C37H50N4O9S/c1-23-8-6-7-9-25-20-37(25,35(44)40-51(45,46)36(3)12-13-36)39-33(43)30-19-27(22-41(30)32(42)17-24(2)16-23)50-34-28-11-10-26(48-5)18-29(28)31(21-38-34)49-15-14-47-4/h7,9-11,18,21,23-25,27,30H,6,8,12-17,19-20,22H2,1-5H3,(H,39,43)(H,40,44)/b9-7-/t23-,24+,25?,27+,30-,37+/m0/s1. The van der Waals surface area contributed by atoms with E-state index in [-0.39, 0.29) is 43.6 Å². The Kier molecular flexibility index (Phi) is 10.6. The van der Waals surface area contributed by atoms with E-state index in [1.165, 1.54) is 0 Å². The minimum atomic E-state index is -3.93. The van der Waals surface area contributed by atoms with E-state index in [1.807, 2.05) is 24.3 Å². The number of hydrogen-bond donors (Lipinski definition) is 2. The van der Waals surface area contributed by atoms with Crippen LogP contribution in [0.15, 0.2) is 36.5 Å². The number of amides is 3. The van der Waals surface area contributed by atoms with Gasteiger partial charge in [0.2, 0.25) is 27.7 Å². The first kappa shape index (κ1) is 36.9. The van der Waals surface area contributed by atoms with Gasteiger partial charge in [0.15, 0.2) is 0 Å². The number of carbonyl (C=O) groups is 3. The summed E-state index contributed by atoms with van der Waals surface area (Å²) in [6.07, 6.45) is 9.07. The number of pyridine rings is 1. The number of aromatic nitrogens is 1. The lowest BCUT2D eigenvalue weighted by Gasteiger charge is -2.28. The molecule has 14 heteroatoms. The smallest absolute Gasteiger partial charge is 0.259 e. The van der Waals surface area contributed by atoms with Gasteiger partial charge in [-0.2, -0.15) is 0 Å². The monoisotopic (exact) mass is 726 g/mol. The van der Waals surface area contributed by atoms with Crippen LogP contribution in [-0.4, -0.2) is 92.4 Å². The summed E-state index contributed by atoms with van der Waals surface area (Å²) in [5, 5.41) is 4.32. The van der Waals surface area contributed by atoms with Gasteiger partial charge in [0.05, 0.1) is 31.2 Å².